The molecule has 0 bridgehead atoms. The highest BCUT2D eigenvalue weighted by atomic mass is 16.5. The summed E-state index contributed by atoms with van der Waals surface area (Å²) in [4.78, 5) is 1.47. The van der Waals surface area contributed by atoms with Crippen molar-refractivity contribution in [2.75, 3.05) is 7.11 Å². The third-order valence-corrected chi connectivity index (χ3v) is 3.61. The van der Waals surface area contributed by atoms with Gasteiger partial charge in [-0.2, -0.15) is 0 Å². The first-order valence-corrected chi connectivity index (χ1v) is 7.14. The summed E-state index contributed by atoms with van der Waals surface area (Å²) >= 11 is 0. The van der Waals surface area contributed by atoms with Gasteiger partial charge in [-0.1, -0.05) is 32.9 Å². The second-order valence-electron chi connectivity index (χ2n) is 6.27. The van der Waals surface area contributed by atoms with Crippen molar-refractivity contribution in [3.8, 4) is 17.2 Å². The van der Waals surface area contributed by atoms with Crippen molar-refractivity contribution >= 4 is 11.0 Å². The smallest absolute Gasteiger partial charge is 0.146 e. The number of nitrogens with zero attached hydrogens (tertiary/aromatic N) is 3. The molecule has 5 nitrogen and oxygen atoms in total. The summed E-state index contributed by atoms with van der Waals surface area (Å²) in [6.07, 6.45) is 0. The van der Waals surface area contributed by atoms with Crippen molar-refractivity contribution in [3.05, 3.63) is 42.0 Å². The van der Waals surface area contributed by atoms with E-state index in [0.29, 0.717) is 11.4 Å². The molecular formula is C17H19N3O2. The molecule has 0 saturated carbocycles. The molecule has 1 N–H and O–H groups in total. The number of hydrogen-bond acceptors (Lipinski definition) is 4. The number of ether oxygens (including phenoxy) is 1. The molecule has 3 rings (SSSR count). The zero-order chi connectivity index (χ0) is 15.9. The van der Waals surface area contributed by atoms with Crippen LogP contribution in [0.5, 0.6) is 11.5 Å². The summed E-state index contributed by atoms with van der Waals surface area (Å²) in [6.45, 7) is 6.29. The number of phenolic OH excluding ortho intramolecular Hbond substituents is 1. The van der Waals surface area contributed by atoms with E-state index in [0.717, 1.165) is 16.6 Å². The lowest BCUT2D eigenvalue weighted by Crippen LogP contribution is -2.14. The minimum Gasteiger partial charge on any atom is -0.505 e. The van der Waals surface area contributed by atoms with Crippen LogP contribution in [0, 0.1) is 0 Å². The molecule has 114 valence electrons. The Bertz CT molecular complexity index is 799. The highest BCUT2D eigenvalue weighted by Crippen LogP contribution is 2.37. The maximum absolute atomic E-state index is 10.3. The molecule has 0 atom stereocenters. The van der Waals surface area contributed by atoms with Crippen LogP contribution < -0.4 is 4.74 Å². The Balaban J connectivity index is 2.22. The van der Waals surface area contributed by atoms with Crippen LogP contribution in [0.25, 0.3) is 16.7 Å². The molecule has 0 aliphatic rings. The van der Waals surface area contributed by atoms with Crippen LogP contribution in [0.1, 0.15) is 26.3 Å². The maximum Gasteiger partial charge on any atom is 0.146 e. The largest absolute Gasteiger partial charge is 0.505 e. The van der Waals surface area contributed by atoms with Gasteiger partial charge in [-0.05, 0) is 23.6 Å². The fourth-order valence-corrected chi connectivity index (χ4v) is 2.44. The van der Waals surface area contributed by atoms with E-state index in [4.69, 9.17) is 4.74 Å². The first kappa shape index (κ1) is 14.4. The molecule has 0 radical (unpaired) electrons. The minimum absolute atomic E-state index is 0.0881. The summed E-state index contributed by atoms with van der Waals surface area (Å²) in [7, 11) is 1.60. The lowest BCUT2D eigenvalue weighted by atomic mass is 9.86. The van der Waals surface area contributed by atoms with Crippen LogP contribution >= 0.6 is 0 Å². The summed E-state index contributed by atoms with van der Waals surface area (Å²) < 4.78 is 5.39. The lowest BCUT2D eigenvalue weighted by molar-refractivity contribution is 0.390. The van der Waals surface area contributed by atoms with E-state index >= 15 is 0 Å². The van der Waals surface area contributed by atoms with Crippen LogP contribution in [-0.4, -0.2) is 27.2 Å². The predicted octanol–water partition coefficient (Wildman–Crippen LogP) is 3.43. The van der Waals surface area contributed by atoms with E-state index in [2.05, 4.69) is 31.0 Å². The number of fused-ring (bicyclic) bond motifs is 1. The number of benzene rings is 2. The monoisotopic (exact) mass is 297 g/mol. The van der Waals surface area contributed by atoms with Crippen LogP contribution in [0.2, 0.25) is 0 Å². The zero-order valence-electron chi connectivity index (χ0n) is 13.2. The molecule has 2 aromatic carbocycles. The van der Waals surface area contributed by atoms with Gasteiger partial charge in [0, 0.05) is 11.6 Å². The van der Waals surface area contributed by atoms with Crippen LogP contribution in [-0.2, 0) is 5.41 Å². The average Bonchev–Trinajstić information content (AvgIpc) is 2.89. The molecule has 0 unspecified atom stereocenters. The molecule has 0 aliphatic carbocycles. The Hall–Kier alpha value is -2.56. The molecule has 0 saturated heterocycles. The number of rotatable bonds is 2. The Morgan fingerprint density at radius 2 is 1.64 bits per heavy atom. The fraction of sp³-hybridized carbons (Fsp3) is 0.294. The van der Waals surface area contributed by atoms with Crippen molar-refractivity contribution in [3.63, 3.8) is 0 Å². The summed E-state index contributed by atoms with van der Waals surface area (Å²) in [5.74, 6) is 0.746. The minimum atomic E-state index is -0.125. The highest BCUT2D eigenvalue weighted by molar-refractivity contribution is 5.73. The van der Waals surface area contributed by atoms with Gasteiger partial charge in [0.1, 0.15) is 28.2 Å². The Kier molecular flexibility index (Phi) is 3.28. The van der Waals surface area contributed by atoms with E-state index in [-0.39, 0.29) is 11.2 Å². The molecule has 22 heavy (non-hydrogen) atoms. The van der Waals surface area contributed by atoms with E-state index in [9.17, 15) is 5.11 Å². The van der Waals surface area contributed by atoms with Gasteiger partial charge in [-0.3, -0.25) is 0 Å². The van der Waals surface area contributed by atoms with Gasteiger partial charge in [0.05, 0.1) is 7.11 Å². The van der Waals surface area contributed by atoms with Gasteiger partial charge >= 0.3 is 0 Å². The normalized spacial score (nSPS) is 11.8. The van der Waals surface area contributed by atoms with E-state index < -0.39 is 0 Å². The van der Waals surface area contributed by atoms with E-state index in [1.165, 1.54) is 4.80 Å². The Labute approximate surface area is 129 Å². The quantitative estimate of drug-likeness (QED) is 0.787. The molecular weight excluding hydrogens is 278 g/mol. The highest BCUT2D eigenvalue weighted by Gasteiger charge is 2.22. The van der Waals surface area contributed by atoms with Crippen molar-refractivity contribution in [2.24, 2.45) is 0 Å². The lowest BCUT2D eigenvalue weighted by Gasteiger charge is -2.23. The first-order chi connectivity index (χ1) is 10.4. The van der Waals surface area contributed by atoms with E-state index in [1.54, 1.807) is 13.2 Å². The van der Waals surface area contributed by atoms with Gasteiger partial charge in [-0.25, -0.2) is 0 Å². The van der Waals surface area contributed by atoms with Crippen molar-refractivity contribution < 1.29 is 9.84 Å². The number of methoxy groups -OCH3 is 1. The van der Waals surface area contributed by atoms with Crippen LogP contribution in [0.15, 0.2) is 36.4 Å². The first-order valence-electron chi connectivity index (χ1n) is 7.14. The molecule has 1 aromatic heterocycles. The molecule has 0 fully saturated rings. The van der Waals surface area contributed by atoms with Crippen molar-refractivity contribution in [1.82, 2.24) is 15.0 Å². The third-order valence-electron chi connectivity index (χ3n) is 3.61. The zero-order valence-corrected chi connectivity index (χ0v) is 13.2. The molecule has 1 heterocycles. The standard InChI is InChI=1S/C17H19N3O2/c1-17(2,3)11-9-14(15(21)10-16(11)22-4)20-18-12-7-5-6-8-13(12)19-20/h5-10,21H,1-4H3. The molecule has 0 aliphatic heterocycles. The molecule has 0 spiro atoms. The number of phenols is 1. The summed E-state index contributed by atoms with van der Waals surface area (Å²) in [6, 6.07) is 11.1. The van der Waals surface area contributed by atoms with Crippen LogP contribution in [0.3, 0.4) is 0 Å². The van der Waals surface area contributed by atoms with Gasteiger partial charge < -0.3 is 9.84 Å². The number of aromatic hydroxyl groups is 1. The van der Waals surface area contributed by atoms with Gasteiger partial charge in [0.25, 0.3) is 0 Å². The predicted molar refractivity (Wildman–Crippen MR) is 85.8 cm³/mol. The van der Waals surface area contributed by atoms with Crippen molar-refractivity contribution in [2.45, 2.75) is 26.2 Å². The average molecular weight is 297 g/mol. The summed E-state index contributed by atoms with van der Waals surface area (Å²) in [5.41, 5.74) is 2.98. The Morgan fingerprint density at radius 3 is 2.14 bits per heavy atom. The van der Waals surface area contributed by atoms with Gasteiger partial charge in [-0.15, -0.1) is 15.0 Å². The molecule has 0 amide bonds. The number of hydrogen-bond donors (Lipinski definition) is 1. The molecule has 5 heteroatoms. The second-order valence-corrected chi connectivity index (χ2v) is 6.27. The second kappa shape index (κ2) is 5.02. The van der Waals surface area contributed by atoms with Crippen LogP contribution in [0.4, 0.5) is 0 Å². The fourth-order valence-electron chi connectivity index (χ4n) is 2.44. The van der Waals surface area contributed by atoms with E-state index in [1.807, 2.05) is 30.3 Å². The SMILES string of the molecule is COc1cc(O)c(-n2nc3ccccc3n2)cc1C(C)(C)C. The Morgan fingerprint density at radius 1 is 1.05 bits per heavy atom. The van der Waals surface area contributed by atoms with Gasteiger partial charge in [0.15, 0.2) is 0 Å². The third kappa shape index (κ3) is 2.39. The topological polar surface area (TPSA) is 60.2 Å². The van der Waals surface area contributed by atoms with Gasteiger partial charge in [0.2, 0.25) is 0 Å². The molecule has 3 aromatic rings. The van der Waals surface area contributed by atoms with Crippen molar-refractivity contribution in [1.29, 1.82) is 0 Å². The maximum atomic E-state index is 10.3. The number of aromatic nitrogens is 3. The summed E-state index contributed by atoms with van der Waals surface area (Å²) in [5, 5.41) is 19.2.